The zero-order valence-electron chi connectivity index (χ0n) is 16.4. The highest BCUT2D eigenvalue weighted by atomic mass is 32.2. The van der Waals surface area contributed by atoms with Crippen molar-refractivity contribution in [2.75, 3.05) is 26.2 Å². The lowest BCUT2D eigenvalue weighted by Gasteiger charge is -2.20. The number of carbonyl (C=O) groups is 1. The van der Waals surface area contributed by atoms with Crippen LogP contribution in [0, 0.1) is 5.92 Å². The van der Waals surface area contributed by atoms with E-state index in [1.807, 2.05) is 36.6 Å². The number of aliphatic imine (C=N–C) groups is 1. The Morgan fingerprint density at radius 2 is 2.04 bits per heavy atom. The first-order valence-corrected chi connectivity index (χ1v) is 10.4. The maximum atomic E-state index is 12.1. The van der Waals surface area contributed by atoms with E-state index in [-0.39, 0.29) is 17.9 Å². The minimum absolute atomic E-state index is 0.0616. The summed E-state index contributed by atoms with van der Waals surface area (Å²) in [6.45, 7) is 11.3. The molecule has 0 spiro atoms. The lowest BCUT2D eigenvalue weighted by Crippen LogP contribution is -2.45. The van der Waals surface area contributed by atoms with E-state index in [0.29, 0.717) is 5.25 Å². The monoisotopic (exact) mass is 376 g/mol. The van der Waals surface area contributed by atoms with Crippen LogP contribution in [0.4, 0.5) is 0 Å². The summed E-state index contributed by atoms with van der Waals surface area (Å²) in [6, 6.07) is 10.7. The van der Waals surface area contributed by atoms with Crippen LogP contribution in [0.3, 0.4) is 0 Å². The van der Waals surface area contributed by atoms with Crippen molar-refractivity contribution in [1.29, 1.82) is 0 Å². The molecule has 6 heteroatoms. The molecule has 5 nitrogen and oxygen atoms in total. The van der Waals surface area contributed by atoms with Gasteiger partial charge in [0, 0.05) is 41.7 Å². The molecule has 1 saturated heterocycles. The Morgan fingerprint density at radius 1 is 1.31 bits per heavy atom. The van der Waals surface area contributed by atoms with Crippen molar-refractivity contribution in [2.45, 2.75) is 50.3 Å². The van der Waals surface area contributed by atoms with E-state index in [0.717, 1.165) is 38.6 Å². The van der Waals surface area contributed by atoms with Crippen molar-refractivity contribution in [3.63, 3.8) is 0 Å². The van der Waals surface area contributed by atoms with Crippen molar-refractivity contribution >= 4 is 23.6 Å². The number of hydrogen-bond acceptors (Lipinski definition) is 3. The highest BCUT2D eigenvalue weighted by Crippen LogP contribution is 2.22. The van der Waals surface area contributed by atoms with Gasteiger partial charge >= 0.3 is 0 Å². The first-order chi connectivity index (χ1) is 12.5. The summed E-state index contributed by atoms with van der Waals surface area (Å²) >= 11 is 1.84. The van der Waals surface area contributed by atoms with Crippen LogP contribution in [0.25, 0.3) is 0 Å². The van der Waals surface area contributed by atoms with Gasteiger partial charge in [0.05, 0.1) is 6.54 Å². The summed E-state index contributed by atoms with van der Waals surface area (Å²) in [7, 11) is 0. The van der Waals surface area contributed by atoms with Gasteiger partial charge in [0.15, 0.2) is 5.96 Å². The number of likely N-dealkylation sites (tertiary alicyclic amines) is 1. The summed E-state index contributed by atoms with van der Waals surface area (Å²) in [6.07, 6.45) is 0.969. The highest BCUT2D eigenvalue weighted by Gasteiger charge is 2.27. The van der Waals surface area contributed by atoms with E-state index in [1.165, 1.54) is 4.90 Å². The third kappa shape index (κ3) is 6.56. The summed E-state index contributed by atoms with van der Waals surface area (Å²) in [4.78, 5) is 20.1. The van der Waals surface area contributed by atoms with Crippen LogP contribution in [-0.4, -0.2) is 54.2 Å². The molecule has 1 heterocycles. The van der Waals surface area contributed by atoms with Crippen molar-refractivity contribution in [3.8, 4) is 0 Å². The first-order valence-electron chi connectivity index (χ1n) is 9.55. The van der Waals surface area contributed by atoms with Crippen LogP contribution in [0.5, 0.6) is 0 Å². The molecule has 1 aromatic rings. The molecule has 26 heavy (non-hydrogen) atoms. The van der Waals surface area contributed by atoms with Gasteiger partial charge < -0.3 is 15.5 Å². The Labute approximate surface area is 162 Å². The lowest BCUT2D eigenvalue weighted by atomic mass is 10.2. The second-order valence-electron chi connectivity index (χ2n) is 7.03. The normalized spacial score (nSPS) is 18.9. The number of benzene rings is 1. The molecule has 1 aliphatic rings. The molecule has 0 aromatic heterocycles. The number of amides is 1. The maximum Gasteiger partial charge on any atom is 0.225 e. The second-order valence-corrected chi connectivity index (χ2v) is 8.54. The molecule has 2 unspecified atom stereocenters. The average Bonchev–Trinajstić information content (AvgIpc) is 3.08. The van der Waals surface area contributed by atoms with Crippen LogP contribution >= 0.6 is 11.8 Å². The molecule has 0 aliphatic carbocycles. The quantitative estimate of drug-likeness (QED) is 0.436. The molecule has 2 atom stereocenters. The Bertz CT molecular complexity index is 591. The number of guanidine groups is 1. The number of rotatable bonds is 7. The summed E-state index contributed by atoms with van der Waals surface area (Å²) in [5.41, 5.74) is 0. The van der Waals surface area contributed by atoms with Gasteiger partial charge in [-0.25, -0.2) is 0 Å². The molecule has 2 N–H and O–H groups in total. The van der Waals surface area contributed by atoms with Gasteiger partial charge in [0.25, 0.3) is 0 Å². The van der Waals surface area contributed by atoms with Crippen LogP contribution in [0.2, 0.25) is 0 Å². The Balaban J connectivity index is 1.85. The van der Waals surface area contributed by atoms with Crippen LogP contribution in [0.15, 0.2) is 40.2 Å². The largest absolute Gasteiger partial charge is 0.357 e. The molecular formula is C20H32N4OS. The van der Waals surface area contributed by atoms with Gasteiger partial charge in [-0.1, -0.05) is 39.0 Å². The smallest absolute Gasteiger partial charge is 0.225 e. The molecular weight excluding hydrogens is 344 g/mol. The first kappa shape index (κ1) is 20.6. The van der Waals surface area contributed by atoms with Gasteiger partial charge in [0.1, 0.15) is 0 Å². The number of nitrogens with one attached hydrogen (secondary N) is 2. The number of carbonyl (C=O) groups excluding carboxylic acids is 1. The topological polar surface area (TPSA) is 56.7 Å². The third-order valence-corrected chi connectivity index (χ3v) is 5.36. The van der Waals surface area contributed by atoms with Crippen molar-refractivity contribution in [1.82, 2.24) is 15.5 Å². The van der Waals surface area contributed by atoms with Crippen molar-refractivity contribution < 1.29 is 4.79 Å². The number of hydrogen-bond donors (Lipinski definition) is 2. The molecule has 1 amide bonds. The molecule has 2 rings (SSSR count). The number of nitrogens with zero attached hydrogens (tertiary/aromatic N) is 2. The third-order valence-electron chi connectivity index (χ3n) is 4.27. The molecule has 1 aliphatic heterocycles. The van der Waals surface area contributed by atoms with Crippen LogP contribution in [-0.2, 0) is 4.79 Å². The fraction of sp³-hybridized carbons (Fsp3) is 0.600. The average molecular weight is 377 g/mol. The predicted molar refractivity (Wildman–Crippen MR) is 111 cm³/mol. The second kappa shape index (κ2) is 10.5. The minimum Gasteiger partial charge on any atom is -0.357 e. The standard InChI is InChI=1S/C20H32N4OS/c1-5-21-20(22-13-16(4)26-18-9-7-6-8-10-18)23-17-11-12-24(14-17)19(25)15(2)3/h6-10,15-17H,5,11-14H2,1-4H3,(H2,21,22,23). The SMILES string of the molecule is CCNC(=NCC(C)Sc1ccccc1)NC1CCN(C(=O)C(C)C)C1. The van der Waals surface area contributed by atoms with E-state index < -0.39 is 0 Å². The van der Waals surface area contributed by atoms with Gasteiger partial charge in [0.2, 0.25) is 5.91 Å². The Hall–Kier alpha value is -1.69. The van der Waals surface area contributed by atoms with E-state index in [9.17, 15) is 4.79 Å². The molecule has 1 fully saturated rings. The van der Waals surface area contributed by atoms with Crippen molar-refractivity contribution in [2.24, 2.45) is 10.9 Å². The highest BCUT2D eigenvalue weighted by molar-refractivity contribution is 8.00. The molecule has 144 valence electrons. The zero-order chi connectivity index (χ0) is 18.9. The van der Waals surface area contributed by atoms with E-state index in [2.05, 4.69) is 48.7 Å². The van der Waals surface area contributed by atoms with E-state index >= 15 is 0 Å². The van der Waals surface area contributed by atoms with Gasteiger partial charge in [-0.15, -0.1) is 11.8 Å². The Kier molecular flexibility index (Phi) is 8.29. The van der Waals surface area contributed by atoms with Crippen molar-refractivity contribution in [3.05, 3.63) is 30.3 Å². The fourth-order valence-corrected chi connectivity index (χ4v) is 3.87. The molecule has 1 aromatic carbocycles. The van der Waals surface area contributed by atoms with E-state index in [1.54, 1.807) is 0 Å². The van der Waals surface area contributed by atoms with Gasteiger partial charge in [-0.3, -0.25) is 9.79 Å². The minimum atomic E-state index is 0.0616. The van der Waals surface area contributed by atoms with Crippen LogP contribution < -0.4 is 10.6 Å². The predicted octanol–water partition coefficient (Wildman–Crippen LogP) is 2.98. The lowest BCUT2D eigenvalue weighted by molar-refractivity contribution is -0.133. The summed E-state index contributed by atoms with van der Waals surface area (Å²) < 4.78 is 0. The molecule has 0 radical (unpaired) electrons. The Morgan fingerprint density at radius 3 is 2.69 bits per heavy atom. The van der Waals surface area contributed by atoms with Gasteiger partial charge in [-0.2, -0.15) is 0 Å². The molecule has 0 bridgehead atoms. The summed E-state index contributed by atoms with van der Waals surface area (Å²) in [5.74, 6) is 1.15. The van der Waals surface area contributed by atoms with Crippen LogP contribution in [0.1, 0.15) is 34.1 Å². The zero-order valence-corrected chi connectivity index (χ0v) is 17.2. The number of thioether (sulfide) groups is 1. The maximum absolute atomic E-state index is 12.1. The van der Waals surface area contributed by atoms with E-state index in [4.69, 9.17) is 4.99 Å². The van der Waals surface area contributed by atoms with Gasteiger partial charge in [-0.05, 0) is 25.5 Å². The fourth-order valence-electron chi connectivity index (χ4n) is 2.95. The summed E-state index contributed by atoms with van der Waals surface area (Å²) in [5, 5.41) is 7.22. The molecule has 0 saturated carbocycles.